The molecule has 0 bridgehead atoms. The normalized spacial score (nSPS) is 17.8. The van der Waals surface area contributed by atoms with Crippen molar-refractivity contribution in [1.82, 2.24) is 5.32 Å². The Kier molecular flexibility index (Phi) is 3.42. The van der Waals surface area contributed by atoms with E-state index in [0.717, 1.165) is 16.9 Å². The maximum atomic E-state index is 13.0. The predicted molar refractivity (Wildman–Crippen MR) is 63.2 cm³/mol. The fourth-order valence-electron chi connectivity index (χ4n) is 1.93. The van der Waals surface area contributed by atoms with Gasteiger partial charge in [0.1, 0.15) is 5.82 Å². The third-order valence-corrected chi connectivity index (χ3v) is 3.50. The zero-order valence-electron chi connectivity index (χ0n) is 8.76. The summed E-state index contributed by atoms with van der Waals surface area (Å²) < 4.78 is 13.8. The highest BCUT2D eigenvalue weighted by molar-refractivity contribution is 9.10. The Hall–Kier alpha value is -0.410. The van der Waals surface area contributed by atoms with Crippen molar-refractivity contribution in [2.45, 2.75) is 25.8 Å². The van der Waals surface area contributed by atoms with Crippen molar-refractivity contribution < 1.29 is 4.39 Å². The first-order valence-corrected chi connectivity index (χ1v) is 6.20. The van der Waals surface area contributed by atoms with Crippen LogP contribution < -0.4 is 5.32 Å². The summed E-state index contributed by atoms with van der Waals surface area (Å²) in [7, 11) is 0. The molecule has 1 atom stereocenters. The van der Waals surface area contributed by atoms with Gasteiger partial charge in [0.2, 0.25) is 0 Å². The fraction of sp³-hybridized carbons (Fsp3) is 0.500. The van der Waals surface area contributed by atoms with E-state index in [0.29, 0.717) is 6.04 Å². The molecule has 1 saturated carbocycles. The van der Waals surface area contributed by atoms with Crippen LogP contribution in [0.15, 0.2) is 22.7 Å². The van der Waals surface area contributed by atoms with Crippen LogP contribution in [-0.4, -0.2) is 6.54 Å². The van der Waals surface area contributed by atoms with Gasteiger partial charge in [-0.15, -0.1) is 0 Å². The molecular weight excluding hydrogens is 257 g/mol. The summed E-state index contributed by atoms with van der Waals surface area (Å²) in [5.74, 6) is 0.545. The average Bonchev–Trinajstić information content (AvgIpc) is 2.98. The van der Waals surface area contributed by atoms with Crippen LogP contribution >= 0.6 is 15.9 Å². The number of halogens is 2. The summed E-state index contributed by atoms with van der Waals surface area (Å²) in [4.78, 5) is 0. The summed E-state index contributed by atoms with van der Waals surface area (Å²) in [6.07, 6.45) is 2.56. The van der Waals surface area contributed by atoms with E-state index >= 15 is 0 Å². The Morgan fingerprint density at radius 1 is 1.53 bits per heavy atom. The highest BCUT2D eigenvalue weighted by Gasteiger charge is 2.32. The Morgan fingerprint density at radius 3 is 2.80 bits per heavy atom. The summed E-state index contributed by atoms with van der Waals surface area (Å²) in [6.45, 7) is 3.05. The number of hydrogen-bond donors (Lipinski definition) is 1. The molecule has 1 aromatic carbocycles. The van der Waals surface area contributed by atoms with Crippen molar-refractivity contribution in [2.24, 2.45) is 5.92 Å². The van der Waals surface area contributed by atoms with E-state index in [1.54, 1.807) is 6.07 Å². The quantitative estimate of drug-likeness (QED) is 0.882. The van der Waals surface area contributed by atoms with E-state index < -0.39 is 0 Å². The van der Waals surface area contributed by atoms with E-state index in [9.17, 15) is 4.39 Å². The average molecular weight is 272 g/mol. The molecular formula is C12H15BrFN. The molecule has 1 aliphatic carbocycles. The minimum absolute atomic E-state index is 0.184. The fourth-order valence-corrected chi connectivity index (χ4v) is 2.53. The molecule has 1 nitrogen and oxygen atoms in total. The van der Waals surface area contributed by atoms with Gasteiger partial charge < -0.3 is 5.32 Å². The number of nitrogens with one attached hydrogen (secondary N) is 1. The second-order valence-electron chi connectivity index (χ2n) is 4.04. The molecule has 1 aromatic rings. The van der Waals surface area contributed by atoms with Gasteiger partial charge in [-0.2, -0.15) is 0 Å². The van der Waals surface area contributed by atoms with E-state index in [4.69, 9.17) is 0 Å². The monoisotopic (exact) mass is 271 g/mol. The van der Waals surface area contributed by atoms with Crippen LogP contribution in [0.5, 0.6) is 0 Å². The molecule has 82 valence electrons. The van der Waals surface area contributed by atoms with Gasteiger partial charge in [0, 0.05) is 10.5 Å². The summed E-state index contributed by atoms with van der Waals surface area (Å²) in [5.41, 5.74) is 1.18. The minimum Gasteiger partial charge on any atom is -0.310 e. The van der Waals surface area contributed by atoms with Crippen molar-refractivity contribution >= 4 is 15.9 Å². The lowest BCUT2D eigenvalue weighted by atomic mass is 10.0. The highest BCUT2D eigenvalue weighted by atomic mass is 79.9. The first kappa shape index (κ1) is 11.1. The van der Waals surface area contributed by atoms with Gasteiger partial charge in [0.25, 0.3) is 0 Å². The van der Waals surface area contributed by atoms with Crippen molar-refractivity contribution in [3.63, 3.8) is 0 Å². The molecule has 1 fully saturated rings. The summed E-state index contributed by atoms with van der Waals surface area (Å²) >= 11 is 3.43. The number of benzene rings is 1. The molecule has 1 aliphatic rings. The first-order valence-electron chi connectivity index (χ1n) is 5.40. The molecule has 1 N–H and O–H groups in total. The maximum absolute atomic E-state index is 13.0. The summed E-state index contributed by atoms with van der Waals surface area (Å²) in [5, 5.41) is 3.47. The standard InChI is InChI=1S/C12H15BrFN/c1-2-15-12(8-3-4-8)10-6-5-9(14)7-11(10)13/h5-8,12,15H,2-4H2,1H3. The zero-order chi connectivity index (χ0) is 10.8. The largest absolute Gasteiger partial charge is 0.310 e. The van der Waals surface area contributed by atoms with Crippen LogP contribution in [0.1, 0.15) is 31.4 Å². The Balaban J connectivity index is 2.24. The number of hydrogen-bond acceptors (Lipinski definition) is 1. The van der Waals surface area contributed by atoms with Crippen LogP contribution in [0.3, 0.4) is 0 Å². The van der Waals surface area contributed by atoms with E-state index in [1.807, 2.05) is 6.07 Å². The molecule has 0 aromatic heterocycles. The van der Waals surface area contributed by atoms with E-state index in [-0.39, 0.29) is 5.82 Å². The predicted octanol–water partition coefficient (Wildman–Crippen LogP) is 3.65. The molecule has 0 heterocycles. The van der Waals surface area contributed by atoms with Gasteiger partial charge in [0.05, 0.1) is 0 Å². The van der Waals surface area contributed by atoms with Gasteiger partial charge in [0.15, 0.2) is 0 Å². The van der Waals surface area contributed by atoms with Gasteiger partial charge in [-0.25, -0.2) is 4.39 Å². The third-order valence-electron chi connectivity index (χ3n) is 2.82. The van der Waals surface area contributed by atoms with Gasteiger partial charge in [-0.1, -0.05) is 28.9 Å². The lowest BCUT2D eigenvalue weighted by Crippen LogP contribution is -2.23. The maximum Gasteiger partial charge on any atom is 0.124 e. The minimum atomic E-state index is -0.184. The molecule has 0 amide bonds. The van der Waals surface area contributed by atoms with Gasteiger partial charge >= 0.3 is 0 Å². The molecule has 15 heavy (non-hydrogen) atoms. The second kappa shape index (κ2) is 4.62. The van der Waals surface area contributed by atoms with Crippen molar-refractivity contribution in [3.8, 4) is 0 Å². The number of rotatable bonds is 4. The summed E-state index contributed by atoms with van der Waals surface area (Å²) in [6, 6.07) is 5.34. The lowest BCUT2D eigenvalue weighted by Gasteiger charge is -2.19. The second-order valence-corrected chi connectivity index (χ2v) is 4.89. The van der Waals surface area contributed by atoms with E-state index in [1.165, 1.54) is 24.5 Å². The SMILES string of the molecule is CCNC(c1ccc(F)cc1Br)C1CC1. The first-order chi connectivity index (χ1) is 7.22. The molecule has 1 unspecified atom stereocenters. The Labute approximate surface area is 98.2 Å². The van der Waals surface area contributed by atoms with Crippen LogP contribution in [0, 0.1) is 11.7 Å². The topological polar surface area (TPSA) is 12.0 Å². The Bertz CT molecular complexity index is 349. The van der Waals surface area contributed by atoms with Crippen LogP contribution in [0.2, 0.25) is 0 Å². The Morgan fingerprint density at radius 2 is 2.27 bits per heavy atom. The highest BCUT2D eigenvalue weighted by Crippen LogP contribution is 2.42. The zero-order valence-corrected chi connectivity index (χ0v) is 10.3. The van der Waals surface area contributed by atoms with Crippen molar-refractivity contribution in [1.29, 1.82) is 0 Å². The van der Waals surface area contributed by atoms with Crippen LogP contribution in [0.25, 0.3) is 0 Å². The molecule has 0 radical (unpaired) electrons. The van der Waals surface area contributed by atoms with Crippen molar-refractivity contribution in [3.05, 3.63) is 34.1 Å². The molecule has 2 rings (SSSR count). The van der Waals surface area contributed by atoms with Gasteiger partial charge in [-0.3, -0.25) is 0 Å². The molecule has 0 saturated heterocycles. The smallest absolute Gasteiger partial charge is 0.124 e. The lowest BCUT2D eigenvalue weighted by molar-refractivity contribution is 0.493. The third kappa shape index (κ3) is 2.58. The molecule has 0 aliphatic heterocycles. The van der Waals surface area contributed by atoms with Crippen LogP contribution in [0.4, 0.5) is 4.39 Å². The molecule has 3 heteroatoms. The van der Waals surface area contributed by atoms with Gasteiger partial charge in [-0.05, 0) is 43.0 Å². The van der Waals surface area contributed by atoms with E-state index in [2.05, 4.69) is 28.2 Å². The molecule has 0 spiro atoms. The van der Waals surface area contributed by atoms with Crippen molar-refractivity contribution in [2.75, 3.05) is 6.54 Å². The van der Waals surface area contributed by atoms with Crippen LogP contribution in [-0.2, 0) is 0 Å².